The van der Waals surface area contributed by atoms with Crippen LogP contribution >= 0.6 is 12.2 Å². The topological polar surface area (TPSA) is 75.8 Å². The van der Waals surface area contributed by atoms with E-state index in [1.54, 1.807) is 17.7 Å². The summed E-state index contributed by atoms with van der Waals surface area (Å²) in [5.41, 5.74) is 1.78. The van der Waals surface area contributed by atoms with E-state index in [9.17, 15) is 4.79 Å². The summed E-state index contributed by atoms with van der Waals surface area (Å²) in [6, 6.07) is 7.81. The monoisotopic (exact) mass is 342 g/mol. The Balaban J connectivity index is 1.74. The van der Waals surface area contributed by atoms with Crippen LogP contribution in [0.3, 0.4) is 0 Å². The molecule has 2 heterocycles. The van der Waals surface area contributed by atoms with Crippen LogP contribution < -0.4 is 5.32 Å². The molecule has 7 heteroatoms. The zero-order valence-electron chi connectivity index (χ0n) is 13.5. The van der Waals surface area contributed by atoms with Crippen molar-refractivity contribution < 1.29 is 9.21 Å². The normalized spacial score (nSPS) is 11.4. The van der Waals surface area contributed by atoms with E-state index >= 15 is 0 Å². The molecule has 2 N–H and O–H groups in total. The number of furan rings is 1. The van der Waals surface area contributed by atoms with Crippen LogP contribution in [-0.2, 0) is 24.8 Å². The van der Waals surface area contributed by atoms with Gasteiger partial charge in [0.1, 0.15) is 11.3 Å². The number of aryl methyl sites for hydroxylation is 1. The van der Waals surface area contributed by atoms with Crippen LogP contribution in [0.4, 0.5) is 0 Å². The van der Waals surface area contributed by atoms with Gasteiger partial charge >= 0.3 is 0 Å². The fourth-order valence-corrected chi connectivity index (χ4v) is 2.63. The molecule has 0 radical (unpaired) electrons. The summed E-state index contributed by atoms with van der Waals surface area (Å²) in [5, 5.41) is 10.5. The number of H-pyrrole nitrogens is 1. The molecule has 0 saturated heterocycles. The minimum atomic E-state index is -0.198. The van der Waals surface area contributed by atoms with Gasteiger partial charge in [-0.1, -0.05) is 25.1 Å². The molecule has 24 heavy (non-hydrogen) atoms. The molecule has 0 bridgehead atoms. The van der Waals surface area contributed by atoms with Crippen molar-refractivity contribution in [3.8, 4) is 0 Å². The zero-order chi connectivity index (χ0) is 17.1. The lowest BCUT2D eigenvalue weighted by atomic mass is 10.1. The Morgan fingerprint density at radius 2 is 2.25 bits per heavy atom. The average Bonchev–Trinajstić information content (AvgIpc) is 3.11. The Bertz CT molecular complexity index is 965. The third-order valence-electron chi connectivity index (χ3n) is 3.83. The van der Waals surface area contributed by atoms with Gasteiger partial charge < -0.3 is 14.3 Å². The number of nitrogens with one attached hydrogen (secondary N) is 2. The van der Waals surface area contributed by atoms with Crippen molar-refractivity contribution >= 4 is 35.2 Å². The van der Waals surface area contributed by atoms with Crippen LogP contribution in [0.2, 0.25) is 0 Å². The summed E-state index contributed by atoms with van der Waals surface area (Å²) in [5.74, 6) is 1.34. The second kappa shape index (κ2) is 6.84. The predicted molar refractivity (Wildman–Crippen MR) is 94.9 cm³/mol. The van der Waals surface area contributed by atoms with Gasteiger partial charge in [0.15, 0.2) is 10.6 Å². The highest BCUT2D eigenvalue weighted by molar-refractivity contribution is 7.71. The van der Waals surface area contributed by atoms with E-state index in [2.05, 4.69) is 15.5 Å². The number of hydrogen-bond acceptors (Lipinski definition) is 4. The fourth-order valence-electron chi connectivity index (χ4n) is 2.48. The number of carbonyl (C=O) groups excluding carboxylic acids is 1. The van der Waals surface area contributed by atoms with Gasteiger partial charge in [-0.05, 0) is 24.4 Å². The number of aromatic amines is 1. The van der Waals surface area contributed by atoms with Crippen molar-refractivity contribution in [2.45, 2.75) is 19.9 Å². The van der Waals surface area contributed by atoms with Gasteiger partial charge in [-0.25, -0.2) is 0 Å². The van der Waals surface area contributed by atoms with Gasteiger partial charge in [0.05, 0.1) is 6.54 Å². The third kappa shape index (κ3) is 3.16. The molecule has 0 spiro atoms. The number of para-hydroxylation sites is 1. The van der Waals surface area contributed by atoms with Crippen molar-refractivity contribution in [2.24, 2.45) is 7.05 Å². The van der Waals surface area contributed by atoms with Gasteiger partial charge in [0.2, 0.25) is 5.91 Å². The molecule has 3 aromatic rings. The number of aromatic nitrogens is 3. The minimum Gasteiger partial charge on any atom is -0.460 e. The predicted octanol–water partition coefficient (Wildman–Crippen LogP) is 3.12. The van der Waals surface area contributed by atoms with Crippen molar-refractivity contribution in [2.75, 3.05) is 0 Å². The van der Waals surface area contributed by atoms with E-state index in [4.69, 9.17) is 16.6 Å². The Hall–Kier alpha value is -2.67. The van der Waals surface area contributed by atoms with Gasteiger partial charge in [0, 0.05) is 30.5 Å². The molecular formula is C17H18N4O2S. The molecule has 2 aromatic heterocycles. The molecule has 0 saturated carbocycles. The maximum Gasteiger partial charge on any atom is 0.244 e. The SMILES string of the molecule is CCc1oc2ccccc2c1/C=C/C(=O)NCc1n[nH]c(=S)n1C. The second-order valence-corrected chi connectivity index (χ2v) is 5.73. The highest BCUT2D eigenvalue weighted by atomic mass is 32.1. The van der Waals surface area contributed by atoms with E-state index in [0.717, 1.165) is 28.7 Å². The van der Waals surface area contributed by atoms with E-state index in [-0.39, 0.29) is 5.91 Å². The molecule has 0 aliphatic carbocycles. The van der Waals surface area contributed by atoms with E-state index in [1.807, 2.05) is 31.2 Å². The first-order valence-corrected chi connectivity index (χ1v) is 8.07. The highest BCUT2D eigenvalue weighted by Gasteiger charge is 2.10. The number of hydrogen-bond donors (Lipinski definition) is 2. The maximum atomic E-state index is 12.1. The smallest absolute Gasteiger partial charge is 0.244 e. The summed E-state index contributed by atoms with van der Waals surface area (Å²) in [4.78, 5) is 12.1. The van der Waals surface area contributed by atoms with E-state index < -0.39 is 0 Å². The summed E-state index contributed by atoms with van der Waals surface area (Å²) in [6.07, 6.45) is 4.07. The van der Waals surface area contributed by atoms with Gasteiger partial charge in [-0.15, -0.1) is 0 Å². The molecule has 124 valence electrons. The zero-order valence-corrected chi connectivity index (χ0v) is 14.3. The second-order valence-electron chi connectivity index (χ2n) is 5.34. The lowest BCUT2D eigenvalue weighted by Crippen LogP contribution is -2.22. The Morgan fingerprint density at radius 1 is 1.46 bits per heavy atom. The van der Waals surface area contributed by atoms with Crippen LogP contribution in [0.5, 0.6) is 0 Å². The standard InChI is InChI=1S/C17H18N4O2S/c1-3-13-12(11-6-4-5-7-14(11)23-13)8-9-16(22)18-10-15-19-20-17(24)21(15)2/h4-9H,3,10H2,1-2H3,(H,18,22)(H,20,24)/b9-8+. The number of fused-ring (bicyclic) bond motifs is 1. The van der Waals surface area contributed by atoms with Crippen molar-refractivity contribution in [3.63, 3.8) is 0 Å². The van der Waals surface area contributed by atoms with Crippen molar-refractivity contribution in [3.05, 3.63) is 52.3 Å². The molecule has 0 aliphatic rings. The van der Waals surface area contributed by atoms with Crippen molar-refractivity contribution in [1.82, 2.24) is 20.1 Å². The fraction of sp³-hybridized carbons (Fsp3) is 0.235. The van der Waals surface area contributed by atoms with Crippen LogP contribution in [0.25, 0.3) is 17.0 Å². The highest BCUT2D eigenvalue weighted by Crippen LogP contribution is 2.27. The van der Waals surface area contributed by atoms with E-state index in [0.29, 0.717) is 17.1 Å². The molecule has 6 nitrogen and oxygen atoms in total. The molecular weight excluding hydrogens is 324 g/mol. The van der Waals surface area contributed by atoms with Crippen molar-refractivity contribution in [1.29, 1.82) is 0 Å². The number of carbonyl (C=O) groups is 1. The lowest BCUT2D eigenvalue weighted by Gasteiger charge is -2.01. The Labute approximate surface area is 144 Å². The van der Waals surface area contributed by atoms with Crippen LogP contribution in [0.1, 0.15) is 24.1 Å². The molecule has 0 aliphatic heterocycles. The van der Waals surface area contributed by atoms with Crippen LogP contribution in [-0.4, -0.2) is 20.7 Å². The molecule has 0 unspecified atom stereocenters. The van der Waals surface area contributed by atoms with Gasteiger partial charge in [-0.3, -0.25) is 9.89 Å². The summed E-state index contributed by atoms with van der Waals surface area (Å²) in [7, 11) is 1.80. The molecule has 0 fully saturated rings. The third-order valence-corrected chi connectivity index (χ3v) is 4.19. The number of nitrogens with zero attached hydrogens (tertiary/aromatic N) is 2. The largest absolute Gasteiger partial charge is 0.460 e. The molecule has 1 amide bonds. The first-order valence-electron chi connectivity index (χ1n) is 7.66. The van der Waals surface area contributed by atoms with Crippen LogP contribution in [0, 0.1) is 4.77 Å². The Morgan fingerprint density at radius 3 is 2.96 bits per heavy atom. The summed E-state index contributed by atoms with van der Waals surface area (Å²) >= 11 is 5.04. The molecule has 1 aromatic carbocycles. The quantitative estimate of drug-likeness (QED) is 0.552. The summed E-state index contributed by atoms with van der Waals surface area (Å²) < 4.78 is 8.06. The molecule has 3 rings (SSSR count). The van der Waals surface area contributed by atoms with Gasteiger partial charge in [0.25, 0.3) is 0 Å². The van der Waals surface area contributed by atoms with Gasteiger partial charge in [-0.2, -0.15) is 5.10 Å². The van der Waals surface area contributed by atoms with Crippen LogP contribution in [0.15, 0.2) is 34.8 Å². The number of rotatable bonds is 5. The summed E-state index contributed by atoms with van der Waals surface area (Å²) in [6.45, 7) is 2.33. The number of benzene rings is 1. The molecule has 0 atom stereocenters. The Kier molecular flexibility index (Phi) is 4.61. The minimum absolute atomic E-state index is 0.198. The van der Waals surface area contributed by atoms with E-state index in [1.165, 1.54) is 6.08 Å². The lowest BCUT2D eigenvalue weighted by molar-refractivity contribution is -0.116. The first kappa shape index (κ1) is 16.2. The maximum absolute atomic E-state index is 12.1. The first-order chi connectivity index (χ1) is 11.6. The average molecular weight is 342 g/mol. The number of amides is 1.